The average Bonchev–Trinajstić information content (AvgIpc) is 2.39. The molecule has 0 radical (unpaired) electrons. The zero-order chi connectivity index (χ0) is 13.5. The highest BCUT2D eigenvalue weighted by Crippen LogP contribution is 2.29. The Morgan fingerprint density at radius 2 is 2.17 bits per heavy atom. The highest BCUT2D eigenvalue weighted by molar-refractivity contribution is 9.10. The van der Waals surface area contributed by atoms with Crippen LogP contribution >= 0.6 is 15.9 Å². The van der Waals surface area contributed by atoms with Crippen LogP contribution in [0.25, 0.3) is 0 Å². The van der Waals surface area contributed by atoms with Crippen LogP contribution in [0.15, 0.2) is 22.7 Å². The Hall–Kier alpha value is -1.07. The quantitative estimate of drug-likeness (QED) is 0.820. The summed E-state index contributed by atoms with van der Waals surface area (Å²) in [5.74, 6) is 0.601. The third kappa shape index (κ3) is 3.99. The van der Waals surface area contributed by atoms with E-state index in [0.29, 0.717) is 12.8 Å². The summed E-state index contributed by atoms with van der Waals surface area (Å²) in [5.41, 5.74) is 1.11. The van der Waals surface area contributed by atoms with Crippen LogP contribution in [0.4, 0.5) is 0 Å². The first kappa shape index (κ1) is 15.0. The maximum atomic E-state index is 11.2. The van der Waals surface area contributed by atoms with Gasteiger partial charge in [-0.2, -0.15) is 0 Å². The Balaban J connectivity index is 2.75. The molecule has 0 aromatic heterocycles. The van der Waals surface area contributed by atoms with Crippen molar-refractivity contribution in [1.29, 1.82) is 0 Å². The van der Waals surface area contributed by atoms with Crippen molar-refractivity contribution in [2.45, 2.75) is 18.9 Å². The summed E-state index contributed by atoms with van der Waals surface area (Å²) in [4.78, 5) is 11.2. The summed E-state index contributed by atoms with van der Waals surface area (Å²) in [6, 6.07) is 6.01. The van der Waals surface area contributed by atoms with E-state index in [-0.39, 0.29) is 12.0 Å². The number of hydrogen-bond acceptors (Lipinski definition) is 4. The van der Waals surface area contributed by atoms with Crippen LogP contribution in [0.3, 0.4) is 0 Å². The summed E-state index contributed by atoms with van der Waals surface area (Å²) in [6.07, 6.45) is 1.09. The maximum Gasteiger partial charge on any atom is 0.305 e. The van der Waals surface area contributed by atoms with E-state index in [0.717, 1.165) is 15.8 Å². The summed E-state index contributed by atoms with van der Waals surface area (Å²) in [7, 11) is 4.91. The van der Waals surface area contributed by atoms with Crippen LogP contribution in [0, 0.1) is 0 Å². The van der Waals surface area contributed by atoms with Crippen molar-refractivity contribution in [2.24, 2.45) is 0 Å². The third-order valence-electron chi connectivity index (χ3n) is 2.79. The minimum absolute atomic E-state index is 0.117. The number of rotatable bonds is 6. The molecule has 0 saturated heterocycles. The highest BCUT2D eigenvalue weighted by atomic mass is 79.9. The van der Waals surface area contributed by atoms with Gasteiger partial charge in [0.25, 0.3) is 0 Å². The number of esters is 1. The molecule has 0 aliphatic heterocycles. The van der Waals surface area contributed by atoms with Crippen molar-refractivity contribution < 1.29 is 14.3 Å². The van der Waals surface area contributed by atoms with E-state index in [9.17, 15) is 4.79 Å². The molecular weight excluding hydrogens is 298 g/mol. The van der Waals surface area contributed by atoms with Crippen LogP contribution in [-0.4, -0.2) is 27.2 Å². The number of ether oxygens (including phenoxy) is 2. The van der Waals surface area contributed by atoms with Gasteiger partial charge in [-0.1, -0.05) is 6.07 Å². The second-order valence-corrected chi connectivity index (χ2v) is 4.70. The molecule has 4 nitrogen and oxygen atoms in total. The molecule has 18 heavy (non-hydrogen) atoms. The number of hydrogen-bond donors (Lipinski definition) is 1. The lowest BCUT2D eigenvalue weighted by Crippen LogP contribution is -2.18. The lowest BCUT2D eigenvalue weighted by atomic mass is 10.0. The summed E-state index contributed by atoms with van der Waals surface area (Å²) in [5, 5.41) is 3.19. The summed E-state index contributed by atoms with van der Waals surface area (Å²) < 4.78 is 10.7. The Labute approximate surface area is 116 Å². The van der Waals surface area contributed by atoms with E-state index in [2.05, 4.69) is 26.0 Å². The molecule has 1 N–H and O–H groups in total. The van der Waals surface area contributed by atoms with Crippen LogP contribution < -0.4 is 10.1 Å². The van der Waals surface area contributed by atoms with Gasteiger partial charge in [0.1, 0.15) is 5.75 Å². The van der Waals surface area contributed by atoms with Crippen molar-refractivity contribution in [2.75, 3.05) is 21.3 Å². The molecule has 1 aromatic rings. The topological polar surface area (TPSA) is 47.6 Å². The molecule has 0 aliphatic carbocycles. The number of methoxy groups -OCH3 is 2. The molecule has 0 spiro atoms. The SMILES string of the molecule is CNC(CCC(=O)OC)c1ccc(OC)c(Br)c1. The molecule has 0 bridgehead atoms. The van der Waals surface area contributed by atoms with Crippen molar-refractivity contribution in [3.63, 3.8) is 0 Å². The van der Waals surface area contributed by atoms with Gasteiger partial charge in [-0.15, -0.1) is 0 Å². The molecule has 1 rings (SSSR count). The zero-order valence-corrected chi connectivity index (χ0v) is 12.4. The Bertz CT molecular complexity index is 409. The molecule has 1 aromatic carbocycles. The fourth-order valence-electron chi connectivity index (χ4n) is 1.74. The Kier molecular flexibility index (Phi) is 6.15. The van der Waals surface area contributed by atoms with Crippen molar-refractivity contribution in [3.8, 4) is 5.75 Å². The zero-order valence-electron chi connectivity index (χ0n) is 10.8. The van der Waals surface area contributed by atoms with E-state index >= 15 is 0 Å². The molecule has 0 saturated carbocycles. The van der Waals surface area contributed by atoms with Gasteiger partial charge in [0.15, 0.2) is 0 Å². The molecule has 1 atom stereocenters. The number of nitrogens with one attached hydrogen (secondary N) is 1. The Morgan fingerprint density at radius 1 is 1.44 bits per heavy atom. The van der Waals surface area contributed by atoms with Crippen LogP contribution in [0.2, 0.25) is 0 Å². The largest absolute Gasteiger partial charge is 0.496 e. The maximum absolute atomic E-state index is 11.2. The van der Waals surface area contributed by atoms with Gasteiger partial charge in [0.2, 0.25) is 0 Å². The van der Waals surface area contributed by atoms with Crippen molar-refractivity contribution in [1.82, 2.24) is 5.32 Å². The van der Waals surface area contributed by atoms with E-state index in [1.165, 1.54) is 7.11 Å². The number of halogens is 1. The predicted octanol–water partition coefficient (Wildman–Crippen LogP) is 2.67. The molecule has 0 aliphatic rings. The van der Waals surface area contributed by atoms with Gasteiger partial charge in [0, 0.05) is 12.5 Å². The average molecular weight is 316 g/mol. The first-order valence-corrected chi connectivity index (χ1v) is 6.49. The third-order valence-corrected chi connectivity index (χ3v) is 3.41. The van der Waals surface area contributed by atoms with E-state index < -0.39 is 0 Å². The summed E-state index contributed by atoms with van der Waals surface area (Å²) >= 11 is 3.45. The van der Waals surface area contributed by atoms with E-state index in [4.69, 9.17) is 4.74 Å². The lowest BCUT2D eigenvalue weighted by molar-refractivity contribution is -0.140. The fourth-order valence-corrected chi connectivity index (χ4v) is 2.30. The van der Waals surface area contributed by atoms with Gasteiger partial charge in [-0.3, -0.25) is 4.79 Å². The number of carbonyl (C=O) groups excluding carboxylic acids is 1. The molecule has 5 heteroatoms. The molecule has 0 amide bonds. The number of benzene rings is 1. The molecule has 1 unspecified atom stereocenters. The van der Waals surface area contributed by atoms with Crippen molar-refractivity contribution in [3.05, 3.63) is 28.2 Å². The standard InChI is InChI=1S/C13H18BrNO3/c1-15-11(5-7-13(16)18-3)9-4-6-12(17-2)10(14)8-9/h4,6,8,11,15H,5,7H2,1-3H3. The smallest absolute Gasteiger partial charge is 0.305 e. The second kappa shape index (κ2) is 7.38. The molecule has 0 heterocycles. The van der Waals surface area contributed by atoms with Gasteiger partial charge in [0.05, 0.1) is 18.7 Å². The molecule has 100 valence electrons. The minimum Gasteiger partial charge on any atom is -0.496 e. The first-order chi connectivity index (χ1) is 8.62. The van der Waals surface area contributed by atoms with Gasteiger partial charge >= 0.3 is 5.97 Å². The van der Waals surface area contributed by atoms with Crippen LogP contribution in [0.5, 0.6) is 5.75 Å². The first-order valence-electron chi connectivity index (χ1n) is 5.70. The Morgan fingerprint density at radius 3 is 2.67 bits per heavy atom. The minimum atomic E-state index is -0.192. The lowest BCUT2D eigenvalue weighted by Gasteiger charge is -2.17. The van der Waals surface area contributed by atoms with Crippen molar-refractivity contribution >= 4 is 21.9 Å². The van der Waals surface area contributed by atoms with Gasteiger partial charge in [-0.05, 0) is 47.1 Å². The second-order valence-electron chi connectivity index (χ2n) is 3.85. The van der Waals surface area contributed by atoms with E-state index in [1.54, 1.807) is 7.11 Å². The number of carbonyl (C=O) groups is 1. The van der Waals surface area contributed by atoms with Gasteiger partial charge < -0.3 is 14.8 Å². The normalized spacial score (nSPS) is 12.0. The molecule has 0 fully saturated rings. The summed E-state index contributed by atoms with van der Waals surface area (Å²) in [6.45, 7) is 0. The van der Waals surface area contributed by atoms with E-state index in [1.807, 2.05) is 25.2 Å². The van der Waals surface area contributed by atoms with Crippen LogP contribution in [-0.2, 0) is 9.53 Å². The molecular formula is C13H18BrNO3. The highest BCUT2D eigenvalue weighted by Gasteiger charge is 2.13. The fraction of sp³-hybridized carbons (Fsp3) is 0.462. The predicted molar refractivity (Wildman–Crippen MR) is 73.7 cm³/mol. The van der Waals surface area contributed by atoms with Gasteiger partial charge in [-0.25, -0.2) is 0 Å². The monoisotopic (exact) mass is 315 g/mol. The van der Waals surface area contributed by atoms with Crippen LogP contribution in [0.1, 0.15) is 24.4 Å².